The lowest BCUT2D eigenvalue weighted by Crippen LogP contribution is -2.11. The van der Waals surface area contributed by atoms with E-state index in [1.54, 1.807) is 6.33 Å². The summed E-state index contributed by atoms with van der Waals surface area (Å²) < 4.78 is 0. The van der Waals surface area contributed by atoms with Gasteiger partial charge in [0, 0.05) is 11.1 Å². The molecule has 3 rings (SSSR count). The van der Waals surface area contributed by atoms with Crippen LogP contribution in [-0.2, 0) is 0 Å². The fraction of sp³-hybridized carbons (Fsp3) is 0.176. The minimum absolute atomic E-state index is 0.224. The summed E-state index contributed by atoms with van der Waals surface area (Å²) in [4.78, 5) is 8.66. The molecule has 3 N–H and O–H groups in total. The molecule has 1 heterocycles. The van der Waals surface area contributed by atoms with Crippen LogP contribution in [0, 0.1) is 0 Å². The summed E-state index contributed by atoms with van der Waals surface area (Å²) in [6.07, 6.45) is 2.55. The molecule has 0 spiro atoms. The molecule has 0 aliphatic heterocycles. The van der Waals surface area contributed by atoms with E-state index in [0.29, 0.717) is 5.69 Å². The molecule has 0 aliphatic carbocycles. The van der Waals surface area contributed by atoms with Gasteiger partial charge in [-0.2, -0.15) is 0 Å². The average molecular weight is 278 g/mol. The maximum atomic E-state index is 5.81. The van der Waals surface area contributed by atoms with E-state index in [9.17, 15) is 0 Å². The first-order valence-corrected chi connectivity index (χ1v) is 7.09. The predicted molar refractivity (Wildman–Crippen MR) is 87.0 cm³/mol. The summed E-state index contributed by atoms with van der Waals surface area (Å²) in [5.74, 6) is 0.843. The molecule has 2 aromatic carbocycles. The van der Waals surface area contributed by atoms with Gasteiger partial charge in [0.15, 0.2) is 0 Å². The van der Waals surface area contributed by atoms with Gasteiger partial charge in [-0.3, -0.25) is 0 Å². The number of rotatable bonds is 4. The van der Waals surface area contributed by atoms with E-state index < -0.39 is 0 Å². The topological polar surface area (TPSA) is 63.8 Å². The van der Waals surface area contributed by atoms with Crippen molar-refractivity contribution in [3.8, 4) is 0 Å². The van der Waals surface area contributed by atoms with Crippen molar-refractivity contribution >= 4 is 22.4 Å². The van der Waals surface area contributed by atoms with Crippen LogP contribution < -0.4 is 11.1 Å². The van der Waals surface area contributed by atoms with Gasteiger partial charge in [-0.15, -0.1) is 0 Å². The highest BCUT2D eigenvalue weighted by Crippen LogP contribution is 2.26. The van der Waals surface area contributed by atoms with Crippen molar-refractivity contribution in [2.45, 2.75) is 19.4 Å². The third-order valence-corrected chi connectivity index (χ3v) is 3.58. The van der Waals surface area contributed by atoms with E-state index >= 15 is 0 Å². The van der Waals surface area contributed by atoms with E-state index in [0.717, 1.165) is 23.1 Å². The second-order valence-corrected chi connectivity index (χ2v) is 5.01. The molecule has 3 aromatic rings. The van der Waals surface area contributed by atoms with E-state index in [-0.39, 0.29) is 6.04 Å². The Labute approximate surface area is 124 Å². The van der Waals surface area contributed by atoms with Crippen molar-refractivity contribution in [2.75, 3.05) is 11.1 Å². The Morgan fingerprint density at radius 3 is 2.67 bits per heavy atom. The van der Waals surface area contributed by atoms with E-state index in [4.69, 9.17) is 5.73 Å². The van der Waals surface area contributed by atoms with Crippen molar-refractivity contribution < 1.29 is 0 Å². The fourth-order valence-electron chi connectivity index (χ4n) is 2.46. The Hall–Kier alpha value is -2.62. The molecule has 0 saturated carbocycles. The number of aromatic nitrogens is 2. The molecular weight excluding hydrogens is 260 g/mol. The zero-order chi connectivity index (χ0) is 14.7. The van der Waals surface area contributed by atoms with Crippen LogP contribution in [0.3, 0.4) is 0 Å². The lowest BCUT2D eigenvalue weighted by atomic mass is 10.0. The molecule has 0 fully saturated rings. The van der Waals surface area contributed by atoms with Gasteiger partial charge in [-0.05, 0) is 30.2 Å². The van der Waals surface area contributed by atoms with Crippen molar-refractivity contribution in [3.05, 3.63) is 60.4 Å². The van der Waals surface area contributed by atoms with Gasteiger partial charge in [-0.25, -0.2) is 9.97 Å². The van der Waals surface area contributed by atoms with Gasteiger partial charge < -0.3 is 11.1 Å². The third kappa shape index (κ3) is 2.79. The molecule has 0 bridgehead atoms. The lowest BCUT2D eigenvalue weighted by molar-refractivity contribution is 0.745. The van der Waals surface area contributed by atoms with Crippen LogP contribution in [0.5, 0.6) is 0 Å². The second kappa shape index (κ2) is 5.79. The summed E-state index contributed by atoms with van der Waals surface area (Å²) >= 11 is 0. The molecule has 1 aromatic heterocycles. The van der Waals surface area contributed by atoms with Gasteiger partial charge in [0.25, 0.3) is 0 Å². The number of anilines is 2. The molecular formula is C17H18N4. The van der Waals surface area contributed by atoms with Gasteiger partial charge in [0.2, 0.25) is 0 Å². The van der Waals surface area contributed by atoms with Crippen LogP contribution in [0.2, 0.25) is 0 Å². The molecule has 21 heavy (non-hydrogen) atoms. The Bertz CT molecular complexity index is 740. The van der Waals surface area contributed by atoms with E-state index in [1.807, 2.05) is 24.3 Å². The average Bonchev–Trinajstić information content (AvgIpc) is 2.53. The van der Waals surface area contributed by atoms with Crippen LogP contribution >= 0.6 is 0 Å². The van der Waals surface area contributed by atoms with Gasteiger partial charge >= 0.3 is 0 Å². The van der Waals surface area contributed by atoms with Crippen LogP contribution in [-0.4, -0.2) is 9.97 Å². The van der Waals surface area contributed by atoms with Crippen molar-refractivity contribution in [1.82, 2.24) is 9.97 Å². The highest BCUT2D eigenvalue weighted by molar-refractivity contribution is 5.90. The van der Waals surface area contributed by atoms with Crippen LogP contribution in [0.4, 0.5) is 11.5 Å². The first-order chi connectivity index (χ1) is 10.3. The molecule has 106 valence electrons. The van der Waals surface area contributed by atoms with Crippen LogP contribution in [0.15, 0.2) is 54.9 Å². The number of hydrogen-bond acceptors (Lipinski definition) is 4. The summed E-state index contributed by atoms with van der Waals surface area (Å²) in [7, 11) is 0. The molecule has 4 nitrogen and oxygen atoms in total. The summed E-state index contributed by atoms with van der Waals surface area (Å²) in [5.41, 5.74) is 8.63. The second-order valence-electron chi connectivity index (χ2n) is 5.01. The molecule has 1 atom stereocenters. The smallest absolute Gasteiger partial charge is 0.137 e. The Kier molecular flexibility index (Phi) is 3.69. The van der Waals surface area contributed by atoms with Crippen LogP contribution in [0.25, 0.3) is 10.9 Å². The number of fused-ring (bicyclic) bond motifs is 1. The minimum atomic E-state index is 0.224. The minimum Gasteiger partial charge on any atom is -0.399 e. The van der Waals surface area contributed by atoms with Gasteiger partial charge in [0.1, 0.15) is 12.1 Å². The number of benzene rings is 2. The Balaban J connectivity index is 1.97. The van der Waals surface area contributed by atoms with Gasteiger partial charge in [-0.1, -0.05) is 37.3 Å². The Morgan fingerprint density at radius 1 is 1.10 bits per heavy atom. The molecule has 0 aliphatic rings. The number of hydrogen-bond donors (Lipinski definition) is 2. The zero-order valence-electron chi connectivity index (χ0n) is 12.0. The zero-order valence-corrected chi connectivity index (χ0v) is 12.0. The maximum absolute atomic E-state index is 5.81. The Morgan fingerprint density at radius 2 is 1.90 bits per heavy atom. The normalized spacial score (nSPS) is 12.2. The van der Waals surface area contributed by atoms with Crippen molar-refractivity contribution in [1.29, 1.82) is 0 Å². The molecule has 0 saturated heterocycles. The van der Waals surface area contributed by atoms with Crippen molar-refractivity contribution in [3.63, 3.8) is 0 Å². The summed E-state index contributed by atoms with van der Waals surface area (Å²) in [6, 6.07) is 16.3. The lowest BCUT2D eigenvalue weighted by Gasteiger charge is -2.19. The summed E-state index contributed by atoms with van der Waals surface area (Å²) in [5, 5.41) is 4.50. The molecule has 0 radical (unpaired) electrons. The number of nitrogens with two attached hydrogens (primary N) is 1. The predicted octanol–water partition coefficient (Wildman–Crippen LogP) is 3.78. The summed E-state index contributed by atoms with van der Waals surface area (Å²) in [6.45, 7) is 2.16. The number of nitrogens with zero attached hydrogens (tertiary/aromatic N) is 2. The molecule has 0 amide bonds. The highest BCUT2D eigenvalue weighted by Gasteiger charge is 2.11. The SMILES string of the molecule is CCC(Nc1ncnc2cc(N)ccc12)c1ccccc1. The monoisotopic (exact) mass is 278 g/mol. The van der Waals surface area contributed by atoms with Gasteiger partial charge in [0.05, 0.1) is 11.6 Å². The van der Waals surface area contributed by atoms with E-state index in [2.05, 4.69) is 46.5 Å². The first-order valence-electron chi connectivity index (χ1n) is 7.09. The quantitative estimate of drug-likeness (QED) is 0.713. The highest BCUT2D eigenvalue weighted by atomic mass is 15.0. The number of nitrogens with one attached hydrogen (secondary N) is 1. The maximum Gasteiger partial charge on any atom is 0.137 e. The fourth-order valence-corrected chi connectivity index (χ4v) is 2.46. The van der Waals surface area contributed by atoms with Crippen LogP contribution in [0.1, 0.15) is 24.9 Å². The standard InChI is InChI=1S/C17H18N4/c1-2-15(12-6-4-3-5-7-12)21-17-14-9-8-13(18)10-16(14)19-11-20-17/h3-11,15H,2,18H2,1H3,(H,19,20,21). The third-order valence-electron chi connectivity index (χ3n) is 3.58. The van der Waals surface area contributed by atoms with E-state index in [1.165, 1.54) is 5.56 Å². The number of nitrogen functional groups attached to an aromatic ring is 1. The first kappa shape index (κ1) is 13.4. The molecule has 4 heteroatoms. The van der Waals surface area contributed by atoms with Crippen molar-refractivity contribution in [2.24, 2.45) is 0 Å². The largest absolute Gasteiger partial charge is 0.399 e. The molecule has 1 unspecified atom stereocenters.